The fourth-order valence-electron chi connectivity index (χ4n) is 1.26. The summed E-state index contributed by atoms with van der Waals surface area (Å²) >= 11 is 0. The highest BCUT2D eigenvalue weighted by Crippen LogP contribution is 2.13. The van der Waals surface area contributed by atoms with Crippen LogP contribution in [0.4, 0.5) is 4.79 Å². The third-order valence-electron chi connectivity index (χ3n) is 1.85. The molecular formula is C11H17NO2. The summed E-state index contributed by atoms with van der Waals surface area (Å²) < 4.78 is 6.84. The normalized spacial score (nSPS) is 11.5. The first-order chi connectivity index (χ1) is 6.31. The quantitative estimate of drug-likeness (QED) is 0.637. The molecule has 0 saturated carbocycles. The van der Waals surface area contributed by atoms with Crippen molar-refractivity contribution in [1.82, 2.24) is 4.57 Å². The van der Waals surface area contributed by atoms with Gasteiger partial charge in [0.1, 0.15) is 5.60 Å². The van der Waals surface area contributed by atoms with Crippen LogP contribution >= 0.6 is 0 Å². The van der Waals surface area contributed by atoms with Crippen LogP contribution in [0.3, 0.4) is 0 Å². The number of rotatable bonds is 0. The summed E-state index contributed by atoms with van der Waals surface area (Å²) in [5, 5.41) is 0. The molecule has 1 aromatic rings. The molecule has 3 nitrogen and oxygen atoms in total. The van der Waals surface area contributed by atoms with Gasteiger partial charge in [0, 0.05) is 11.4 Å². The number of carbonyl (C=O) groups excluding carboxylic acids is 1. The number of carbonyl (C=O) groups is 1. The summed E-state index contributed by atoms with van der Waals surface area (Å²) in [6.45, 7) is 9.35. The minimum absolute atomic E-state index is 0.308. The molecule has 0 radical (unpaired) electrons. The van der Waals surface area contributed by atoms with Crippen molar-refractivity contribution < 1.29 is 9.53 Å². The van der Waals surface area contributed by atoms with Crippen LogP contribution in [-0.2, 0) is 4.74 Å². The van der Waals surface area contributed by atoms with E-state index in [0.29, 0.717) is 0 Å². The van der Waals surface area contributed by atoms with Gasteiger partial charge in [0.15, 0.2) is 0 Å². The van der Waals surface area contributed by atoms with Gasteiger partial charge in [-0.15, -0.1) is 0 Å². The Balaban J connectivity index is 2.90. The van der Waals surface area contributed by atoms with Crippen LogP contribution in [-0.4, -0.2) is 16.3 Å². The van der Waals surface area contributed by atoms with Gasteiger partial charge in [-0.05, 0) is 46.8 Å². The molecule has 1 aromatic heterocycles. The van der Waals surface area contributed by atoms with Gasteiger partial charge in [-0.25, -0.2) is 4.79 Å². The molecule has 1 heterocycles. The lowest BCUT2D eigenvalue weighted by molar-refractivity contribution is 0.0531. The summed E-state index contributed by atoms with van der Waals surface area (Å²) in [7, 11) is 0. The first-order valence-corrected chi connectivity index (χ1v) is 4.69. The Labute approximate surface area is 84.7 Å². The van der Waals surface area contributed by atoms with E-state index in [1.165, 1.54) is 0 Å². The zero-order valence-electron chi connectivity index (χ0n) is 9.42. The van der Waals surface area contributed by atoms with Crippen molar-refractivity contribution >= 4 is 6.09 Å². The molecule has 0 atom stereocenters. The Morgan fingerprint density at radius 3 is 2.00 bits per heavy atom. The summed E-state index contributed by atoms with van der Waals surface area (Å²) in [4.78, 5) is 11.7. The van der Waals surface area contributed by atoms with Crippen molar-refractivity contribution in [3.63, 3.8) is 0 Å². The Morgan fingerprint density at radius 2 is 1.64 bits per heavy atom. The second-order valence-electron chi connectivity index (χ2n) is 4.43. The van der Waals surface area contributed by atoms with Crippen LogP contribution in [0.15, 0.2) is 12.1 Å². The minimum Gasteiger partial charge on any atom is -0.443 e. The van der Waals surface area contributed by atoms with E-state index in [-0.39, 0.29) is 6.09 Å². The van der Waals surface area contributed by atoms with Crippen molar-refractivity contribution in [2.75, 3.05) is 0 Å². The fraction of sp³-hybridized carbons (Fsp3) is 0.545. The van der Waals surface area contributed by atoms with Crippen molar-refractivity contribution in [3.05, 3.63) is 23.5 Å². The van der Waals surface area contributed by atoms with E-state index < -0.39 is 5.60 Å². The number of hydrogen-bond donors (Lipinski definition) is 0. The molecule has 0 aromatic carbocycles. The van der Waals surface area contributed by atoms with Gasteiger partial charge in [0.25, 0.3) is 0 Å². The molecule has 0 unspecified atom stereocenters. The molecule has 78 valence electrons. The van der Waals surface area contributed by atoms with Crippen LogP contribution in [0.1, 0.15) is 32.2 Å². The van der Waals surface area contributed by atoms with Crippen molar-refractivity contribution in [3.8, 4) is 0 Å². The first-order valence-electron chi connectivity index (χ1n) is 4.69. The average Bonchev–Trinajstić information content (AvgIpc) is 2.27. The number of aromatic nitrogens is 1. The Kier molecular flexibility index (Phi) is 2.69. The predicted molar refractivity (Wildman–Crippen MR) is 55.5 cm³/mol. The monoisotopic (exact) mass is 195 g/mol. The molecule has 0 saturated heterocycles. The van der Waals surface area contributed by atoms with E-state index in [4.69, 9.17) is 4.74 Å². The van der Waals surface area contributed by atoms with E-state index in [2.05, 4.69) is 0 Å². The Bertz CT molecular complexity index is 325. The second-order valence-corrected chi connectivity index (χ2v) is 4.43. The topological polar surface area (TPSA) is 31.2 Å². The highest BCUT2D eigenvalue weighted by atomic mass is 16.6. The van der Waals surface area contributed by atoms with Gasteiger partial charge >= 0.3 is 6.09 Å². The lowest BCUT2D eigenvalue weighted by Gasteiger charge is -2.20. The smallest absolute Gasteiger partial charge is 0.418 e. The average molecular weight is 195 g/mol. The highest BCUT2D eigenvalue weighted by Gasteiger charge is 2.19. The van der Waals surface area contributed by atoms with Gasteiger partial charge in [-0.3, -0.25) is 4.57 Å². The van der Waals surface area contributed by atoms with E-state index in [0.717, 1.165) is 11.4 Å². The molecule has 0 aliphatic rings. The van der Waals surface area contributed by atoms with Gasteiger partial charge in [0.2, 0.25) is 0 Å². The van der Waals surface area contributed by atoms with Crippen LogP contribution in [0.2, 0.25) is 0 Å². The molecule has 0 spiro atoms. The van der Waals surface area contributed by atoms with Gasteiger partial charge in [0.05, 0.1) is 0 Å². The van der Waals surface area contributed by atoms with Crippen LogP contribution in [0.25, 0.3) is 0 Å². The maximum atomic E-state index is 11.7. The van der Waals surface area contributed by atoms with E-state index in [1.807, 2.05) is 46.8 Å². The standard InChI is InChI=1S/C11H17NO2/c1-8-6-7-9(2)12(8)10(13)14-11(3,4)5/h6-7H,1-5H3. The van der Waals surface area contributed by atoms with Crippen LogP contribution < -0.4 is 0 Å². The zero-order chi connectivity index (χ0) is 10.9. The molecule has 0 N–H and O–H groups in total. The summed E-state index contributed by atoms with van der Waals surface area (Å²) in [5.41, 5.74) is 1.36. The molecule has 0 fully saturated rings. The summed E-state index contributed by atoms with van der Waals surface area (Å²) in [5.74, 6) is 0. The highest BCUT2D eigenvalue weighted by molar-refractivity contribution is 5.73. The molecule has 0 amide bonds. The maximum Gasteiger partial charge on any atom is 0.418 e. The van der Waals surface area contributed by atoms with Crippen LogP contribution in [0, 0.1) is 13.8 Å². The van der Waals surface area contributed by atoms with Crippen molar-refractivity contribution in [2.24, 2.45) is 0 Å². The third kappa shape index (κ3) is 2.37. The minimum atomic E-state index is -0.444. The lowest BCUT2D eigenvalue weighted by Crippen LogP contribution is -2.28. The molecular weight excluding hydrogens is 178 g/mol. The Hall–Kier alpha value is -1.25. The zero-order valence-corrected chi connectivity index (χ0v) is 9.42. The first kappa shape index (κ1) is 10.8. The number of nitrogens with zero attached hydrogens (tertiary/aromatic N) is 1. The van der Waals surface area contributed by atoms with Gasteiger partial charge < -0.3 is 4.74 Å². The number of ether oxygens (including phenoxy) is 1. The SMILES string of the molecule is Cc1ccc(C)n1C(=O)OC(C)(C)C. The summed E-state index contributed by atoms with van der Waals surface area (Å²) in [6.07, 6.45) is -0.308. The lowest BCUT2D eigenvalue weighted by atomic mass is 10.2. The Morgan fingerprint density at radius 1 is 1.21 bits per heavy atom. The number of aryl methyl sites for hydroxylation is 2. The largest absolute Gasteiger partial charge is 0.443 e. The molecule has 0 bridgehead atoms. The molecule has 3 heteroatoms. The number of hydrogen-bond acceptors (Lipinski definition) is 2. The van der Waals surface area contributed by atoms with Gasteiger partial charge in [-0.2, -0.15) is 0 Å². The van der Waals surface area contributed by atoms with E-state index in [9.17, 15) is 4.79 Å². The van der Waals surface area contributed by atoms with Crippen molar-refractivity contribution in [1.29, 1.82) is 0 Å². The fourth-order valence-corrected chi connectivity index (χ4v) is 1.26. The summed E-state index contributed by atoms with van der Waals surface area (Å²) in [6, 6.07) is 3.80. The van der Waals surface area contributed by atoms with Crippen LogP contribution in [0.5, 0.6) is 0 Å². The second kappa shape index (κ2) is 3.48. The molecule has 0 aliphatic carbocycles. The van der Waals surface area contributed by atoms with Gasteiger partial charge in [-0.1, -0.05) is 0 Å². The molecule has 14 heavy (non-hydrogen) atoms. The predicted octanol–water partition coefficient (Wildman–Crippen LogP) is 2.89. The van der Waals surface area contributed by atoms with E-state index >= 15 is 0 Å². The maximum absolute atomic E-state index is 11.7. The molecule has 1 rings (SSSR count). The van der Waals surface area contributed by atoms with Crippen molar-refractivity contribution in [2.45, 2.75) is 40.2 Å². The third-order valence-corrected chi connectivity index (χ3v) is 1.85. The van der Waals surface area contributed by atoms with E-state index in [1.54, 1.807) is 4.57 Å². The molecule has 0 aliphatic heterocycles.